The third kappa shape index (κ3) is 4.27. The largest absolute Gasteiger partial charge is 0.493 e. The molecule has 0 aliphatic carbocycles. The van der Waals surface area contributed by atoms with Crippen LogP contribution in [0.2, 0.25) is 0 Å². The predicted molar refractivity (Wildman–Crippen MR) is 71.0 cm³/mol. The summed E-state index contributed by atoms with van der Waals surface area (Å²) in [6.45, 7) is 5.38. The van der Waals surface area contributed by atoms with Crippen LogP contribution in [-0.2, 0) is 6.42 Å². The summed E-state index contributed by atoms with van der Waals surface area (Å²) in [5.74, 6) is 1.58. The van der Waals surface area contributed by atoms with Gasteiger partial charge in [-0.25, -0.2) is 0 Å². The molecule has 3 heteroatoms. The number of nitrogens with one attached hydrogen (secondary N) is 1. The Morgan fingerprint density at radius 1 is 1.18 bits per heavy atom. The predicted octanol–water partition coefficient (Wildman–Crippen LogP) is 2.63. The van der Waals surface area contributed by atoms with E-state index in [1.54, 1.807) is 14.2 Å². The van der Waals surface area contributed by atoms with E-state index in [9.17, 15) is 0 Å². The van der Waals surface area contributed by atoms with Crippen molar-refractivity contribution >= 4 is 0 Å². The minimum Gasteiger partial charge on any atom is -0.493 e. The Hall–Kier alpha value is -1.22. The van der Waals surface area contributed by atoms with Gasteiger partial charge < -0.3 is 14.8 Å². The first-order valence-corrected chi connectivity index (χ1v) is 6.15. The van der Waals surface area contributed by atoms with Crippen LogP contribution in [0.15, 0.2) is 18.2 Å². The van der Waals surface area contributed by atoms with E-state index in [-0.39, 0.29) is 0 Å². The summed E-state index contributed by atoms with van der Waals surface area (Å²) in [5, 5.41) is 3.47. The van der Waals surface area contributed by atoms with Gasteiger partial charge in [-0.2, -0.15) is 0 Å². The van der Waals surface area contributed by atoms with Gasteiger partial charge in [-0.3, -0.25) is 0 Å². The Morgan fingerprint density at radius 3 is 2.47 bits per heavy atom. The van der Waals surface area contributed by atoms with Crippen molar-refractivity contribution in [1.29, 1.82) is 0 Å². The second-order valence-corrected chi connectivity index (χ2v) is 4.20. The molecule has 1 aromatic rings. The molecule has 0 saturated heterocycles. The number of methoxy groups -OCH3 is 2. The Kier molecular flexibility index (Phi) is 5.84. The van der Waals surface area contributed by atoms with Gasteiger partial charge in [0.25, 0.3) is 0 Å². The highest BCUT2D eigenvalue weighted by molar-refractivity contribution is 5.42. The van der Waals surface area contributed by atoms with Crippen LogP contribution in [0.4, 0.5) is 0 Å². The average molecular weight is 237 g/mol. The first-order chi connectivity index (χ1) is 8.21. The quantitative estimate of drug-likeness (QED) is 0.791. The topological polar surface area (TPSA) is 30.5 Å². The molecule has 0 heterocycles. The van der Waals surface area contributed by atoms with E-state index in [2.05, 4.69) is 25.2 Å². The zero-order chi connectivity index (χ0) is 12.7. The second kappa shape index (κ2) is 7.17. The van der Waals surface area contributed by atoms with Gasteiger partial charge in [0.15, 0.2) is 11.5 Å². The maximum atomic E-state index is 5.28. The van der Waals surface area contributed by atoms with Crippen LogP contribution in [0.5, 0.6) is 11.5 Å². The standard InChI is InChI=1S/C14H23NO2/c1-5-11(2)15-9-8-12-6-7-13(16-3)14(10-12)17-4/h6-7,10-11,15H,5,8-9H2,1-4H3. The molecule has 1 unspecified atom stereocenters. The lowest BCUT2D eigenvalue weighted by molar-refractivity contribution is 0.354. The van der Waals surface area contributed by atoms with Crippen LogP contribution in [0.1, 0.15) is 25.8 Å². The first kappa shape index (κ1) is 13.8. The van der Waals surface area contributed by atoms with Crippen molar-refractivity contribution < 1.29 is 9.47 Å². The number of hydrogen-bond donors (Lipinski definition) is 1. The summed E-state index contributed by atoms with van der Waals surface area (Å²) in [6.07, 6.45) is 2.16. The van der Waals surface area contributed by atoms with E-state index in [1.165, 1.54) is 5.56 Å². The highest BCUT2D eigenvalue weighted by atomic mass is 16.5. The molecule has 0 radical (unpaired) electrons. The molecule has 0 amide bonds. The molecule has 0 fully saturated rings. The van der Waals surface area contributed by atoms with Crippen LogP contribution >= 0.6 is 0 Å². The third-order valence-electron chi connectivity index (χ3n) is 2.97. The van der Waals surface area contributed by atoms with Crippen molar-refractivity contribution in [3.8, 4) is 11.5 Å². The van der Waals surface area contributed by atoms with E-state index in [0.29, 0.717) is 6.04 Å². The van der Waals surface area contributed by atoms with Gasteiger partial charge in [-0.1, -0.05) is 13.0 Å². The fraction of sp³-hybridized carbons (Fsp3) is 0.571. The van der Waals surface area contributed by atoms with Gasteiger partial charge in [0.05, 0.1) is 14.2 Å². The molecule has 0 aliphatic heterocycles. The maximum absolute atomic E-state index is 5.28. The Bertz CT molecular complexity index is 339. The fourth-order valence-corrected chi connectivity index (χ4v) is 1.64. The summed E-state index contributed by atoms with van der Waals surface area (Å²) in [6, 6.07) is 6.66. The molecule has 1 aromatic carbocycles. The minimum atomic E-state index is 0.579. The third-order valence-corrected chi connectivity index (χ3v) is 2.97. The number of benzene rings is 1. The molecule has 1 atom stereocenters. The van der Waals surface area contributed by atoms with Crippen molar-refractivity contribution in [2.45, 2.75) is 32.7 Å². The van der Waals surface area contributed by atoms with E-state index >= 15 is 0 Å². The second-order valence-electron chi connectivity index (χ2n) is 4.20. The highest BCUT2D eigenvalue weighted by Gasteiger charge is 2.04. The highest BCUT2D eigenvalue weighted by Crippen LogP contribution is 2.27. The lowest BCUT2D eigenvalue weighted by Gasteiger charge is -2.12. The summed E-state index contributed by atoms with van der Waals surface area (Å²) >= 11 is 0. The van der Waals surface area contributed by atoms with Crippen LogP contribution in [-0.4, -0.2) is 26.8 Å². The van der Waals surface area contributed by atoms with Crippen LogP contribution in [0.25, 0.3) is 0 Å². The Labute approximate surface area is 104 Å². The molecule has 1 N–H and O–H groups in total. The molecule has 17 heavy (non-hydrogen) atoms. The monoisotopic (exact) mass is 237 g/mol. The summed E-state index contributed by atoms with van der Waals surface area (Å²) < 4.78 is 10.5. The van der Waals surface area contributed by atoms with Crippen molar-refractivity contribution in [3.63, 3.8) is 0 Å². The number of hydrogen-bond acceptors (Lipinski definition) is 3. The Balaban J connectivity index is 2.54. The van der Waals surface area contributed by atoms with E-state index < -0.39 is 0 Å². The smallest absolute Gasteiger partial charge is 0.160 e. The summed E-state index contributed by atoms with van der Waals surface area (Å²) in [5.41, 5.74) is 1.26. The number of rotatable bonds is 7. The maximum Gasteiger partial charge on any atom is 0.160 e. The number of ether oxygens (including phenoxy) is 2. The van der Waals surface area contributed by atoms with Gasteiger partial charge in [0.2, 0.25) is 0 Å². The molecule has 1 rings (SSSR count). The fourth-order valence-electron chi connectivity index (χ4n) is 1.64. The van der Waals surface area contributed by atoms with Crippen molar-refractivity contribution in [1.82, 2.24) is 5.32 Å². The van der Waals surface area contributed by atoms with Gasteiger partial charge >= 0.3 is 0 Å². The SMILES string of the molecule is CCC(C)NCCc1ccc(OC)c(OC)c1. The average Bonchev–Trinajstić information content (AvgIpc) is 2.38. The molecular weight excluding hydrogens is 214 g/mol. The molecule has 0 aliphatic rings. The van der Waals surface area contributed by atoms with Crippen LogP contribution in [0.3, 0.4) is 0 Å². The van der Waals surface area contributed by atoms with Gasteiger partial charge in [0, 0.05) is 6.04 Å². The Morgan fingerprint density at radius 2 is 1.88 bits per heavy atom. The summed E-state index contributed by atoms with van der Waals surface area (Å²) in [7, 11) is 3.32. The molecule has 3 nitrogen and oxygen atoms in total. The van der Waals surface area contributed by atoms with E-state index in [1.807, 2.05) is 12.1 Å². The van der Waals surface area contributed by atoms with Crippen molar-refractivity contribution in [3.05, 3.63) is 23.8 Å². The molecule has 0 bridgehead atoms. The van der Waals surface area contributed by atoms with Gasteiger partial charge in [0.1, 0.15) is 0 Å². The zero-order valence-corrected chi connectivity index (χ0v) is 11.2. The normalized spacial score (nSPS) is 12.2. The molecule has 0 saturated carbocycles. The first-order valence-electron chi connectivity index (χ1n) is 6.15. The van der Waals surface area contributed by atoms with Gasteiger partial charge in [-0.15, -0.1) is 0 Å². The van der Waals surface area contributed by atoms with Crippen molar-refractivity contribution in [2.24, 2.45) is 0 Å². The van der Waals surface area contributed by atoms with Crippen LogP contribution in [0, 0.1) is 0 Å². The zero-order valence-electron chi connectivity index (χ0n) is 11.2. The van der Waals surface area contributed by atoms with Crippen molar-refractivity contribution in [2.75, 3.05) is 20.8 Å². The van der Waals surface area contributed by atoms with E-state index in [0.717, 1.165) is 30.9 Å². The van der Waals surface area contributed by atoms with Crippen LogP contribution < -0.4 is 14.8 Å². The minimum absolute atomic E-state index is 0.579. The van der Waals surface area contributed by atoms with Gasteiger partial charge in [-0.05, 0) is 44.0 Å². The molecule has 0 spiro atoms. The lowest BCUT2D eigenvalue weighted by atomic mass is 10.1. The summed E-state index contributed by atoms with van der Waals surface area (Å²) in [4.78, 5) is 0. The molecule has 0 aromatic heterocycles. The molecule has 96 valence electrons. The molecular formula is C14H23NO2. The van der Waals surface area contributed by atoms with E-state index in [4.69, 9.17) is 9.47 Å². The lowest BCUT2D eigenvalue weighted by Crippen LogP contribution is -2.27.